The van der Waals surface area contributed by atoms with Gasteiger partial charge in [-0.15, -0.1) is 17.8 Å². The third-order valence-electron chi connectivity index (χ3n) is 2.18. The molecule has 0 heterocycles. The molecule has 1 saturated carbocycles. The second-order valence-corrected chi connectivity index (χ2v) is 5.38. The Kier molecular flexibility index (Phi) is 4.93. The third kappa shape index (κ3) is 3.31. The lowest BCUT2D eigenvalue weighted by molar-refractivity contribution is 0.513. The Morgan fingerprint density at radius 1 is 1.20 bits per heavy atom. The molecule has 0 saturated heterocycles. The van der Waals surface area contributed by atoms with Crippen LogP contribution in [0.25, 0.3) is 0 Å². The van der Waals surface area contributed by atoms with E-state index in [1.807, 2.05) is 0 Å². The van der Waals surface area contributed by atoms with Crippen LogP contribution in [0.15, 0.2) is 0 Å². The summed E-state index contributed by atoms with van der Waals surface area (Å²) in [6.07, 6.45) is 10.3. The van der Waals surface area contributed by atoms with Gasteiger partial charge in [-0.05, 0) is 30.8 Å². The molecule has 10 heavy (non-hydrogen) atoms. The van der Waals surface area contributed by atoms with Gasteiger partial charge in [-0.1, -0.05) is 19.3 Å². The number of hydrogen-bond donors (Lipinski definition) is 0. The highest BCUT2D eigenvalue weighted by molar-refractivity contribution is 7.39. The topological polar surface area (TPSA) is 0 Å². The molecule has 0 nitrogen and oxygen atoms in total. The summed E-state index contributed by atoms with van der Waals surface area (Å²) in [6.45, 7) is 0. The lowest BCUT2D eigenvalue weighted by Gasteiger charge is -2.20. The largest absolute Gasteiger partial charge is 0.137 e. The van der Waals surface area contributed by atoms with Crippen molar-refractivity contribution < 1.29 is 0 Å². The van der Waals surface area contributed by atoms with Crippen molar-refractivity contribution in [1.82, 2.24) is 0 Å². The van der Waals surface area contributed by atoms with Gasteiger partial charge in [0.25, 0.3) is 0 Å². The van der Waals surface area contributed by atoms with Crippen molar-refractivity contribution in [2.24, 2.45) is 0 Å². The van der Waals surface area contributed by atoms with E-state index in [0.29, 0.717) is 0 Å². The van der Waals surface area contributed by atoms with Gasteiger partial charge in [-0.25, -0.2) is 0 Å². The van der Waals surface area contributed by atoms with Crippen LogP contribution in [-0.2, 0) is 0 Å². The zero-order chi connectivity index (χ0) is 7.23. The molecule has 0 amide bonds. The molecule has 0 N–H and O–H groups in total. The molecule has 60 valence electrons. The van der Waals surface area contributed by atoms with Crippen LogP contribution in [0.5, 0.6) is 0 Å². The summed E-state index contributed by atoms with van der Waals surface area (Å²) in [5, 5.41) is 0. The van der Waals surface area contributed by atoms with Crippen LogP contribution in [0, 0.1) is 0 Å². The predicted octanol–water partition coefficient (Wildman–Crippen LogP) is 2.87. The van der Waals surface area contributed by atoms with E-state index < -0.39 is 0 Å². The lowest BCUT2D eigenvalue weighted by Crippen LogP contribution is -2.07. The SMILES string of the molecule is PCCPC1CCCCC1. The molecule has 1 aliphatic carbocycles. The lowest BCUT2D eigenvalue weighted by atomic mass is 10.0. The van der Waals surface area contributed by atoms with E-state index in [2.05, 4.69) is 9.24 Å². The molecule has 1 fully saturated rings. The maximum absolute atomic E-state index is 2.83. The van der Waals surface area contributed by atoms with Gasteiger partial charge in [0.1, 0.15) is 0 Å². The second kappa shape index (κ2) is 5.50. The van der Waals surface area contributed by atoms with Gasteiger partial charge in [-0.3, -0.25) is 0 Å². The summed E-state index contributed by atoms with van der Waals surface area (Å²) >= 11 is 0. The molecule has 1 aliphatic rings. The smallest absolute Gasteiger partial charge is 0.0237 e. The maximum atomic E-state index is 2.83. The third-order valence-corrected chi connectivity index (χ3v) is 4.78. The van der Waals surface area contributed by atoms with Gasteiger partial charge in [0, 0.05) is 0 Å². The molecule has 1 rings (SSSR count). The highest BCUT2D eigenvalue weighted by Gasteiger charge is 2.11. The van der Waals surface area contributed by atoms with Crippen molar-refractivity contribution in [3.8, 4) is 0 Å². The quantitative estimate of drug-likeness (QED) is 0.580. The van der Waals surface area contributed by atoms with Gasteiger partial charge in [0.15, 0.2) is 0 Å². The number of rotatable bonds is 3. The Hall–Kier alpha value is 0.860. The van der Waals surface area contributed by atoms with Crippen LogP contribution in [0.3, 0.4) is 0 Å². The van der Waals surface area contributed by atoms with Crippen molar-refractivity contribution in [3.05, 3.63) is 0 Å². The van der Waals surface area contributed by atoms with E-state index in [1.165, 1.54) is 53.0 Å². The minimum atomic E-state index is 1.12. The molecule has 0 aliphatic heterocycles. The van der Waals surface area contributed by atoms with Gasteiger partial charge >= 0.3 is 0 Å². The van der Waals surface area contributed by atoms with E-state index in [4.69, 9.17) is 0 Å². The van der Waals surface area contributed by atoms with E-state index in [9.17, 15) is 0 Å². The van der Waals surface area contributed by atoms with Crippen molar-refractivity contribution >= 4 is 17.8 Å². The summed E-state index contributed by atoms with van der Waals surface area (Å²) in [7, 11) is 4.09. The molecule has 0 radical (unpaired) electrons. The second-order valence-electron chi connectivity index (χ2n) is 3.08. The summed E-state index contributed by atoms with van der Waals surface area (Å²) < 4.78 is 0. The molecule has 2 atom stereocenters. The first-order chi connectivity index (χ1) is 4.93. The average Bonchev–Trinajstić information content (AvgIpc) is 2.03. The Balaban J connectivity index is 2.02. The van der Waals surface area contributed by atoms with Gasteiger partial charge in [0.05, 0.1) is 0 Å². The van der Waals surface area contributed by atoms with Crippen LogP contribution >= 0.6 is 17.8 Å². The first kappa shape index (κ1) is 8.95. The molecule has 0 bridgehead atoms. The van der Waals surface area contributed by atoms with E-state index in [-0.39, 0.29) is 0 Å². The van der Waals surface area contributed by atoms with E-state index in [1.54, 1.807) is 0 Å². The van der Waals surface area contributed by atoms with Crippen molar-refractivity contribution in [2.75, 3.05) is 12.3 Å². The fourth-order valence-electron chi connectivity index (χ4n) is 1.59. The van der Waals surface area contributed by atoms with Gasteiger partial charge < -0.3 is 0 Å². The monoisotopic (exact) mass is 176 g/mol. The molecule has 0 aromatic carbocycles. The van der Waals surface area contributed by atoms with Crippen LogP contribution in [0.2, 0.25) is 0 Å². The summed E-state index contributed by atoms with van der Waals surface area (Å²) in [6, 6.07) is 0. The molecule has 0 aromatic rings. The first-order valence-electron chi connectivity index (χ1n) is 4.37. The summed E-state index contributed by atoms with van der Waals surface area (Å²) in [4.78, 5) is 0. The highest BCUT2D eigenvalue weighted by Crippen LogP contribution is 2.32. The predicted molar refractivity (Wildman–Crippen MR) is 54.6 cm³/mol. The fraction of sp³-hybridized carbons (Fsp3) is 1.00. The zero-order valence-electron chi connectivity index (χ0n) is 6.60. The molecule has 2 heteroatoms. The standard InChI is InChI=1S/C8H18P2/c9-6-7-10-8-4-2-1-3-5-8/h8,10H,1-7,9H2. The van der Waals surface area contributed by atoms with Crippen molar-refractivity contribution in [1.29, 1.82) is 0 Å². The minimum absolute atomic E-state index is 1.12. The van der Waals surface area contributed by atoms with Crippen molar-refractivity contribution in [3.63, 3.8) is 0 Å². The molecule has 2 unspecified atom stereocenters. The number of hydrogen-bond acceptors (Lipinski definition) is 0. The van der Waals surface area contributed by atoms with Crippen LogP contribution in [0.1, 0.15) is 32.1 Å². The average molecular weight is 176 g/mol. The molecular formula is C8H18P2. The van der Waals surface area contributed by atoms with Crippen molar-refractivity contribution in [2.45, 2.75) is 37.8 Å². The fourth-order valence-corrected chi connectivity index (χ4v) is 3.49. The molecule has 0 spiro atoms. The summed E-state index contributed by atoms with van der Waals surface area (Å²) in [5.41, 5.74) is 1.12. The molecule has 0 aromatic heterocycles. The van der Waals surface area contributed by atoms with Crippen LogP contribution in [0.4, 0.5) is 0 Å². The minimum Gasteiger partial charge on any atom is -0.137 e. The van der Waals surface area contributed by atoms with Gasteiger partial charge in [-0.2, -0.15) is 0 Å². The molecular weight excluding hydrogens is 158 g/mol. The zero-order valence-corrected chi connectivity index (χ0v) is 8.76. The van der Waals surface area contributed by atoms with E-state index >= 15 is 0 Å². The Bertz CT molecular complexity index is 77.3. The van der Waals surface area contributed by atoms with Crippen LogP contribution < -0.4 is 0 Å². The Labute approximate surface area is 68.5 Å². The summed E-state index contributed by atoms with van der Waals surface area (Å²) in [5.74, 6) is 0. The van der Waals surface area contributed by atoms with Gasteiger partial charge in [0.2, 0.25) is 0 Å². The highest BCUT2D eigenvalue weighted by atomic mass is 31.1. The first-order valence-corrected chi connectivity index (χ1v) is 6.47. The Morgan fingerprint density at radius 2 is 1.90 bits per heavy atom. The maximum Gasteiger partial charge on any atom is -0.0237 e. The van der Waals surface area contributed by atoms with Crippen LogP contribution in [-0.4, -0.2) is 18.0 Å². The Morgan fingerprint density at radius 3 is 2.50 bits per heavy atom. The normalized spacial score (nSPS) is 22.5. The van der Waals surface area contributed by atoms with E-state index in [0.717, 1.165) is 5.66 Å².